The maximum atomic E-state index is 5.78. The fourth-order valence-corrected chi connectivity index (χ4v) is 2.64. The number of para-hydroxylation sites is 1. The van der Waals surface area contributed by atoms with Gasteiger partial charge in [0.15, 0.2) is 4.77 Å². The molecule has 6 heteroatoms. The van der Waals surface area contributed by atoms with Crippen molar-refractivity contribution < 1.29 is 4.74 Å². The van der Waals surface area contributed by atoms with E-state index < -0.39 is 0 Å². The smallest absolute Gasteiger partial charge is 0.178 e. The summed E-state index contributed by atoms with van der Waals surface area (Å²) in [5.74, 6) is 0.860. The summed E-state index contributed by atoms with van der Waals surface area (Å²) in [7, 11) is 0. The van der Waals surface area contributed by atoms with Gasteiger partial charge in [-0.3, -0.25) is 4.68 Å². The average Bonchev–Trinajstić information content (AvgIpc) is 3.10. The van der Waals surface area contributed by atoms with Crippen molar-refractivity contribution in [1.29, 1.82) is 0 Å². The van der Waals surface area contributed by atoms with Crippen molar-refractivity contribution in [3.63, 3.8) is 0 Å². The molecule has 0 fully saturated rings. The number of aromatic nitrogens is 4. The van der Waals surface area contributed by atoms with Gasteiger partial charge in [0.05, 0.1) is 18.7 Å². The summed E-state index contributed by atoms with van der Waals surface area (Å²) < 4.78 is 10.5. The van der Waals surface area contributed by atoms with Crippen LogP contribution in [0.25, 0.3) is 11.0 Å². The van der Waals surface area contributed by atoms with Crippen molar-refractivity contribution in [2.75, 3.05) is 6.61 Å². The first kappa shape index (κ1) is 13.9. The molecule has 2 aromatic heterocycles. The molecule has 2 heterocycles. The second-order valence-electron chi connectivity index (χ2n) is 4.85. The van der Waals surface area contributed by atoms with E-state index in [1.165, 1.54) is 0 Å². The number of ether oxygens (including phenoxy) is 1. The van der Waals surface area contributed by atoms with E-state index in [0.29, 0.717) is 11.4 Å². The molecule has 3 rings (SSSR count). The van der Waals surface area contributed by atoms with Crippen LogP contribution in [-0.2, 0) is 13.1 Å². The van der Waals surface area contributed by atoms with E-state index in [4.69, 9.17) is 17.0 Å². The van der Waals surface area contributed by atoms with Crippen LogP contribution in [0.15, 0.2) is 36.7 Å². The molecule has 1 N–H and O–H groups in total. The third-order valence-corrected chi connectivity index (χ3v) is 3.67. The molecule has 0 amide bonds. The summed E-state index contributed by atoms with van der Waals surface area (Å²) in [6.45, 7) is 4.36. The summed E-state index contributed by atoms with van der Waals surface area (Å²) >= 11 is 5.44. The first-order valence-corrected chi connectivity index (χ1v) is 7.52. The Labute approximate surface area is 128 Å². The predicted molar refractivity (Wildman–Crippen MR) is 85.1 cm³/mol. The monoisotopic (exact) mass is 302 g/mol. The largest absolute Gasteiger partial charge is 0.491 e. The Morgan fingerprint density at radius 3 is 2.95 bits per heavy atom. The molecule has 0 unspecified atom stereocenters. The molecule has 3 aromatic rings. The highest BCUT2D eigenvalue weighted by Gasteiger charge is 2.09. The summed E-state index contributed by atoms with van der Waals surface area (Å²) in [6.07, 6.45) is 4.72. The van der Waals surface area contributed by atoms with Gasteiger partial charge in [0, 0.05) is 18.9 Å². The minimum absolute atomic E-state index is 0.707. The van der Waals surface area contributed by atoms with Gasteiger partial charge < -0.3 is 14.3 Å². The second kappa shape index (κ2) is 6.13. The molecule has 0 aliphatic rings. The van der Waals surface area contributed by atoms with Crippen LogP contribution in [-0.4, -0.2) is 25.9 Å². The molecule has 0 bridgehead atoms. The van der Waals surface area contributed by atoms with Crippen LogP contribution in [0.4, 0.5) is 0 Å². The number of H-pyrrole nitrogens is 1. The SMILES string of the molecule is CCCOc1cccc2c1[nH]c(=S)n2CCn1cccn1. The maximum absolute atomic E-state index is 5.78. The minimum Gasteiger partial charge on any atom is -0.491 e. The maximum Gasteiger partial charge on any atom is 0.178 e. The topological polar surface area (TPSA) is 47.8 Å². The number of benzene rings is 1. The number of aryl methyl sites for hydroxylation is 2. The highest BCUT2D eigenvalue weighted by Crippen LogP contribution is 2.25. The Bertz CT molecular complexity index is 773. The van der Waals surface area contributed by atoms with Crippen LogP contribution in [0.5, 0.6) is 5.75 Å². The van der Waals surface area contributed by atoms with Gasteiger partial charge in [-0.1, -0.05) is 13.0 Å². The third kappa shape index (κ3) is 2.85. The van der Waals surface area contributed by atoms with Crippen molar-refractivity contribution in [3.05, 3.63) is 41.4 Å². The summed E-state index contributed by atoms with van der Waals surface area (Å²) in [4.78, 5) is 3.26. The lowest BCUT2D eigenvalue weighted by Gasteiger charge is -2.07. The van der Waals surface area contributed by atoms with E-state index in [0.717, 1.165) is 36.3 Å². The van der Waals surface area contributed by atoms with Crippen LogP contribution >= 0.6 is 12.2 Å². The lowest BCUT2D eigenvalue weighted by molar-refractivity contribution is 0.320. The number of hydrogen-bond acceptors (Lipinski definition) is 3. The summed E-state index contributed by atoms with van der Waals surface area (Å²) in [6, 6.07) is 7.95. The molecule has 5 nitrogen and oxygen atoms in total. The number of nitrogens with one attached hydrogen (secondary N) is 1. The summed E-state index contributed by atoms with van der Waals surface area (Å²) in [5.41, 5.74) is 2.04. The van der Waals surface area contributed by atoms with E-state index >= 15 is 0 Å². The van der Waals surface area contributed by atoms with Crippen LogP contribution in [0.2, 0.25) is 0 Å². The fraction of sp³-hybridized carbons (Fsp3) is 0.333. The number of hydrogen-bond donors (Lipinski definition) is 1. The molecule has 110 valence electrons. The van der Waals surface area contributed by atoms with Crippen molar-refractivity contribution in [2.45, 2.75) is 26.4 Å². The lowest BCUT2D eigenvalue weighted by atomic mass is 10.3. The van der Waals surface area contributed by atoms with E-state index in [1.54, 1.807) is 6.20 Å². The number of aromatic amines is 1. The van der Waals surface area contributed by atoms with Crippen molar-refractivity contribution >= 4 is 23.3 Å². The summed E-state index contributed by atoms with van der Waals surface area (Å²) in [5, 5.41) is 4.22. The van der Waals surface area contributed by atoms with Crippen LogP contribution in [0.1, 0.15) is 13.3 Å². The molecule has 0 saturated carbocycles. The molecule has 0 aliphatic heterocycles. The normalized spacial score (nSPS) is 11.1. The number of fused-ring (bicyclic) bond motifs is 1. The average molecular weight is 302 g/mol. The van der Waals surface area contributed by atoms with Crippen molar-refractivity contribution in [3.8, 4) is 5.75 Å². The third-order valence-electron chi connectivity index (χ3n) is 3.35. The van der Waals surface area contributed by atoms with Gasteiger partial charge in [-0.25, -0.2) is 0 Å². The van der Waals surface area contributed by atoms with Crippen LogP contribution in [0, 0.1) is 4.77 Å². The van der Waals surface area contributed by atoms with Crippen LogP contribution < -0.4 is 4.74 Å². The van der Waals surface area contributed by atoms with E-state index in [1.807, 2.05) is 29.1 Å². The molecule has 0 spiro atoms. The van der Waals surface area contributed by atoms with Gasteiger partial charge in [0.25, 0.3) is 0 Å². The Morgan fingerprint density at radius 1 is 1.29 bits per heavy atom. The number of rotatable bonds is 6. The highest BCUT2D eigenvalue weighted by molar-refractivity contribution is 7.71. The Balaban J connectivity index is 1.91. The zero-order chi connectivity index (χ0) is 14.7. The molecule has 0 saturated heterocycles. The Hall–Kier alpha value is -2.08. The molecular formula is C15H18N4OS. The molecular weight excluding hydrogens is 284 g/mol. The zero-order valence-electron chi connectivity index (χ0n) is 12.0. The van der Waals surface area contributed by atoms with Gasteiger partial charge in [0.1, 0.15) is 11.3 Å². The molecule has 0 atom stereocenters. The van der Waals surface area contributed by atoms with Crippen LogP contribution in [0.3, 0.4) is 0 Å². The van der Waals surface area contributed by atoms with Gasteiger partial charge >= 0.3 is 0 Å². The van der Waals surface area contributed by atoms with Crippen molar-refractivity contribution in [1.82, 2.24) is 19.3 Å². The fourth-order valence-electron chi connectivity index (χ4n) is 2.34. The minimum atomic E-state index is 0.707. The Kier molecular flexibility index (Phi) is 4.06. The zero-order valence-corrected chi connectivity index (χ0v) is 12.8. The lowest BCUT2D eigenvalue weighted by Crippen LogP contribution is -2.07. The molecule has 0 radical (unpaired) electrons. The standard InChI is InChI=1S/C15H18N4OS/c1-2-11-20-13-6-3-5-12-14(13)17-15(21)19(12)10-9-18-8-4-7-16-18/h3-8H,2,9-11H2,1H3,(H,17,21). The quantitative estimate of drug-likeness (QED) is 0.710. The number of nitrogens with zero attached hydrogens (tertiary/aromatic N) is 3. The molecule has 1 aromatic carbocycles. The van der Waals surface area contributed by atoms with E-state index in [2.05, 4.69) is 27.6 Å². The molecule has 0 aliphatic carbocycles. The van der Waals surface area contributed by atoms with Crippen molar-refractivity contribution in [2.24, 2.45) is 0 Å². The molecule has 21 heavy (non-hydrogen) atoms. The van der Waals surface area contributed by atoms with Gasteiger partial charge in [-0.15, -0.1) is 0 Å². The number of imidazole rings is 1. The highest BCUT2D eigenvalue weighted by atomic mass is 32.1. The predicted octanol–water partition coefficient (Wildman–Crippen LogP) is 3.38. The second-order valence-corrected chi connectivity index (χ2v) is 5.24. The van der Waals surface area contributed by atoms with E-state index in [-0.39, 0.29) is 0 Å². The van der Waals surface area contributed by atoms with Gasteiger partial charge in [0.2, 0.25) is 0 Å². The first-order chi connectivity index (χ1) is 10.3. The van der Waals surface area contributed by atoms with E-state index in [9.17, 15) is 0 Å². The Morgan fingerprint density at radius 2 is 2.19 bits per heavy atom. The van der Waals surface area contributed by atoms with Gasteiger partial charge in [-0.2, -0.15) is 5.10 Å². The first-order valence-electron chi connectivity index (χ1n) is 7.11. The van der Waals surface area contributed by atoms with Gasteiger partial charge in [-0.05, 0) is 36.8 Å².